The number of unbranched alkanes of at least 4 members (excludes halogenated alkanes) is 9. The summed E-state index contributed by atoms with van der Waals surface area (Å²) < 4.78 is 0. The summed E-state index contributed by atoms with van der Waals surface area (Å²) in [7, 11) is 2.04. The van der Waals surface area contributed by atoms with Gasteiger partial charge >= 0.3 is 0 Å². The van der Waals surface area contributed by atoms with Crippen LogP contribution in [0.25, 0.3) is 0 Å². The Bertz CT molecular complexity index is 337. The predicted molar refractivity (Wildman–Crippen MR) is 97.4 cm³/mol. The van der Waals surface area contributed by atoms with Crippen LogP contribution in [0.4, 0.5) is 0 Å². The van der Waals surface area contributed by atoms with Gasteiger partial charge in [0.15, 0.2) is 0 Å². The fourth-order valence-corrected chi connectivity index (χ4v) is 3.00. The lowest BCUT2D eigenvalue weighted by atomic mass is 9.96. The largest absolute Gasteiger partial charge is 0.320 e. The van der Waals surface area contributed by atoms with Gasteiger partial charge in [0.2, 0.25) is 0 Å². The Hall–Kier alpha value is -0.890. The molecule has 2 nitrogen and oxygen atoms in total. The smallest absolute Gasteiger partial charge is 0.0302 e. The van der Waals surface area contributed by atoms with E-state index in [4.69, 9.17) is 0 Å². The molecule has 126 valence electrons. The molecule has 0 fully saturated rings. The molecule has 2 heteroatoms. The molecule has 0 saturated heterocycles. The van der Waals surface area contributed by atoms with Crippen molar-refractivity contribution in [3.8, 4) is 0 Å². The van der Waals surface area contributed by atoms with Crippen molar-refractivity contribution in [1.29, 1.82) is 0 Å². The Labute approximate surface area is 138 Å². The lowest BCUT2D eigenvalue weighted by molar-refractivity contribution is 0.530. The van der Waals surface area contributed by atoms with E-state index in [1.165, 1.54) is 82.7 Å². The van der Waals surface area contributed by atoms with Crippen LogP contribution in [0.1, 0.15) is 89.0 Å². The number of hydrogen-bond acceptors (Lipinski definition) is 2. The standard InChI is InChI=1S/C20H36N2/c1-19(20-15-13-17-22-18-20)14-11-9-7-5-3-4-6-8-10-12-16-21-2/h13,15,17-19,21H,3-12,14,16H2,1-2H3. The van der Waals surface area contributed by atoms with Crippen LogP contribution < -0.4 is 5.32 Å². The Kier molecular flexibility index (Phi) is 12.0. The van der Waals surface area contributed by atoms with E-state index in [9.17, 15) is 0 Å². The van der Waals surface area contributed by atoms with E-state index >= 15 is 0 Å². The minimum Gasteiger partial charge on any atom is -0.320 e. The van der Waals surface area contributed by atoms with Gasteiger partial charge in [-0.15, -0.1) is 0 Å². The van der Waals surface area contributed by atoms with E-state index in [0.717, 1.165) is 0 Å². The van der Waals surface area contributed by atoms with E-state index in [1.54, 1.807) is 0 Å². The summed E-state index contributed by atoms with van der Waals surface area (Å²) in [5, 5.41) is 3.21. The molecule has 22 heavy (non-hydrogen) atoms. The highest BCUT2D eigenvalue weighted by atomic mass is 14.8. The molecule has 0 radical (unpaired) electrons. The average molecular weight is 305 g/mol. The van der Waals surface area contributed by atoms with E-state index in [0.29, 0.717) is 5.92 Å². The molecule has 1 unspecified atom stereocenters. The van der Waals surface area contributed by atoms with Gasteiger partial charge in [-0.2, -0.15) is 0 Å². The fourth-order valence-electron chi connectivity index (χ4n) is 3.00. The number of nitrogens with zero attached hydrogens (tertiary/aromatic N) is 1. The van der Waals surface area contributed by atoms with Gasteiger partial charge in [-0.3, -0.25) is 4.98 Å². The van der Waals surface area contributed by atoms with Crippen LogP contribution in [0.15, 0.2) is 24.5 Å². The number of aromatic nitrogens is 1. The first-order chi connectivity index (χ1) is 10.8. The van der Waals surface area contributed by atoms with Crippen molar-refractivity contribution >= 4 is 0 Å². The minimum atomic E-state index is 0.659. The van der Waals surface area contributed by atoms with Crippen LogP contribution in [0, 0.1) is 0 Å². The van der Waals surface area contributed by atoms with Gasteiger partial charge in [-0.1, -0.05) is 70.8 Å². The molecule has 0 aromatic carbocycles. The van der Waals surface area contributed by atoms with Gasteiger partial charge < -0.3 is 5.32 Å². The van der Waals surface area contributed by atoms with Gasteiger partial charge in [0, 0.05) is 12.4 Å². The third kappa shape index (κ3) is 9.94. The number of rotatable bonds is 14. The first kappa shape index (κ1) is 19.2. The van der Waals surface area contributed by atoms with Crippen LogP contribution in [-0.2, 0) is 0 Å². The molecule has 0 aliphatic carbocycles. The molecule has 0 amide bonds. The molecular formula is C20H36N2. The molecule has 1 atom stereocenters. The van der Waals surface area contributed by atoms with Crippen LogP contribution in [0.2, 0.25) is 0 Å². The van der Waals surface area contributed by atoms with Crippen LogP contribution in [-0.4, -0.2) is 18.6 Å². The lowest BCUT2D eigenvalue weighted by Gasteiger charge is -2.10. The molecule has 1 aromatic heterocycles. The second kappa shape index (κ2) is 13.8. The summed E-state index contributed by atoms with van der Waals surface area (Å²) in [5.41, 5.74) is 1.39. The fraction of sp³-hybridized carbons (Fsp3) is 0.750. The highest BCUT2D eigenvalue weighted by Gasteiger charge is 2.04. The SMILES string of the molecule is CNCCCCCCCCCCCCC(C)c1cccnc1. The number of hydrogen-bond donors (Lipinski definition) is 1. The quantitative estimate of drug-likeness (QED) is 0.446. The summed E-state index contributed by atoms with van der Waals surface area (Å²) >= 11 is 0. The van der Waals surface area contributed by atoms with Crippen molar-refractivity contribution in [2.45, 2.75) is 83.5 Å². The molecule has 1 heterocycles. The summed E-state index contributed by atoms with van der Waals surface area (Å²) in [6.07, 6.45) is 19.2. The van der Waals surface area contributed by atoms with E-state index in [2.05, 4.69) is 23.3 Å². The summed E-state index contributed by atoms with van der Waals surface area (Å²) in [6, 6.07) is 4.25. The molecule has 1 N–H and O–H groups in total. The molecule has 0 aliphatic rings. The molecule has 1 rings (SSSR count). The topological polar surface area (TPSA) is 24.9 Å². The van der Waals surface area contributed by atoms with Gasteiger partial charge in [-0.25, -0.2) is 0 Å². The van der Waals surface area contributed by atoms with Crippen molar-refractivity contribution < 1.29 is 0 Å². The van der Waals surface area contributed by atoms with Crippen LogP contribution in [0.5, 0.6) is 0 Å². The monoisotopic (exact) mass is 304 g/mol. The first-order valence-corrected chi connectivity index (χ1v) is 9.39. The number of pyridine rings is 1. The lowest BCUT2D eigenvalue weighted by Crippen LogP contribution is -2.06. The van der Waals surface area contributed by atoms with E-state index < -0.39 is 0 Å². The van der Waals surface area contributed by atoms with Crippen molar-refractivity contribution in [3.63, 3.8) is 0 Å². The van der Waals surface area contributed by atoms with Crippen molar-refractivity contribution in [1.82, 2.24) is 10.3 Å². The predicted octanol–water partition coefficient (Wildman–Crippen LogP) is 5.70. The summed E-state index contributed by atoms with van der Waals surface area (Å²) in [6.45, 7) is 3.50. The van der Waals surface area contributed by atoms with Gasteiger partial charge in [0.25, 0.3) is 0 Å². The van der Waals surface area contributed by atoms with Crippen molar-refractivity contribution in [3.05, 3.63) is 30.1 Å². The van der Waals surface area contributed by atoms with Crippen LogP contribution >= 0.6 is 0 Å². The van der Waals surface area contributed by atoms with E-state index in [1.807, 2.05) is 25.5 Å². The second-order valence-corrected chi connectivity index (χ2v) is 6.62. The Morgan fingerprint density at radius 2 is 1.50 bits per heavy atom. The van der Waals surface area contributed by atoms with Crippen molar-refractivity contribution in [2.24, 2.45) is 0 Å². The minimum absolute atomic E-state index is 0.659. The maximum absolute atomic E-state index is 4.21. The first-order valence-electron chi connectivity index (χ1n) is 9.39. The maximum atomic E-state index is 4.21. The number of nitrogens with one attached hydrogen (secondary N) is 1. The Balaban J connectivity index is 1.84. The third-order valence-corrected chi connectivity index (χ3v) is 4.57. The van der Waals surface area contributed by atoms with Gasteiger partial charge in [-0.05, 0) is 44.0 Å². The maximum Gasteiger partial charge on any atom is 0.0302 e. The van der Waals surface area contributed by atoms with Crippen molar-refractivity contribution in [2.75, 3.05) is 13.6 Å². The van der Waals surface area contributed by atoms with Gasteiger partial charge in [0.1, 0.15) is 0 Å². The van der Waals surface area contributed by atoms with E-state index in [-0.39, 0.29) is 0 Å². The second-order valence-electron chi connectivity index (χ2n) is 6.62. The van der Waals surface area contributed by atoms with Gasteiger partial charge in [0.05, 0.1) is 0 Å². The highest BCUT2D eigenvalue weighted by Crippen LogP contribution is 2.21. The summed E-state index contributed by atoms with van der Waals surface area (Å²) in [4.78, 5) is 4.21. The molecule has 0 spiro atoms. The highest BCUT2D eigenvalue weighted by molar-refractivity contribution is 5.13. The Morgan fingerprint density at radius 3 is 2.05 bits per heavy atom. The molecular weight excluding hydrogens is 268 g/mol. The normalized spacial score (nSPS) is 12.5. The third-order valence-electron chi connectivity index (χ3n) is 4.57. The molecule has 0 bridgehead atoms. The average Bonchev–Trinajstić information content (AvgIpc) is 2.56. The summed E-state index contributed by atoms with van der Waals surface area (Å²) in [5.74, 6) is 0.659. The molecule has 1 aromatic rings. The Morgan fingerprint density at radius 1 is 0.909 bits per heavy atom. The zero-order valence-electron chi connectivity index (χ0n) is 14.8. The molecule has 0 saturated carbocycles. The zero-order chi connectivity index (χ0) is 15.9. The zero-order valence-corrected chi connectivity index (χ0v) is 14.8. The van der Waals surface area contributed by atoms with Crippen LogP contribution in [0.3, 0.4) is 0 Å². The molecule has 0 aliphatic heterocycles.